The molecule has 0 radical (unpaired) electrons. The molecule has 19 heavy (non-hydrogen) atoms. The molecule has 0 spiro atoms. The van der Waals surface area contributed by atoms with Gasteiger partial charge in [0.15, 0.2) is 0 Å². The minimum absolute atomic E-state index is 0.0472. The van der Waals surface area contributed by atoms with Gasteiger partial charge in [-0.2, -0.15) is 0 Å². The van der Waals surface area contributed by atoms with E-state index < -0.39 is 10.0 Å². The van der Waals surface area contributed by atoms with E-state index in [-0.39, 0.29) is 10.3 Å². The van der Waals surface area contributed by atoms with Crippen LogP contribution in [0.25, 0.3) is 0 Å². The Hall–Kier alpha value is -0.910. The van der Waals surface area contributed by atoms with Crippen molar-refractivity contribution in [3.63, 3.8) is 0 Å². The number of aryl methyl sites for hydroxylation is 1. The predicted molar refractivity (Wildman–Crippen MR) is 78.3 cm³/mol. The molecule has 0 aliphatic carbocycles. The summed E-state index contributed by atoms with van der Waals surface area (Å²) in [5.74, 6) is 0. The third-order valence-electron chi connectivity index (χ3n) is 3.55. The molecule has 0 bridgehead atoms. The van der Waals surface area contributed by atoms with Gasteiger partial charge in [-0.3, -0.25) is 0 Å². The number of hydrogen-bond donors (Lipinski definition) is 2. The van der Waals surface area contributed by atoms with Gasteiger partial charge in [-0.15, -0.1) is 0 Å². The van der Waals surface area contributed by atoms with Crippen LogP contribution in [0.5, 0.6) is 0 Å². The van der Waals surface area contributed by atoms with Crippen LogP contribution in [-0.2, 0) is 16.6 Å². The van der Waals surface area contributed by atoms with Gasteiger partial charge in [0.2, 0.25) is 10.0 Å². The lowest BCUT2D eigenvalue weighted by atomic mass is 9.91. The molecule has 1 aromatic carbocycles. The molecule has 5 heteroatoms. The standard InChI is InChI=1S/C14H24N2O2S/c1-5-14(3,4)10-16-19(17,18)13-7-6-11(2)12(8-13)9-15/h6-8,16H,5,9-10,15H2,1-4H3. The molecule has 0 aliphatic rings. The molecule has 3 N–H and O–H groups in total. The molecule has 0 saturated carbocycles. The number of sulfonamides is 1. The zero-order chi connectivity index (χ0) is 14.7. The third-order valence-corrected chi connectivity index (χ3v) is 4.95. The Morgan fingerprint density at radius 3 is 2.47 bits per heavy atom. The molecule has 1 rings (SSSR count). The maximum atomic E-state index is 12.2. The topological polar surface area (TPSA) is 72.2 Å². The summed E-state index contributed by atoms with van der Waals surface area (Å²) in [5.41, 5.74) is 7.43. The van der Waals surface area contributed by atoms with E-state index in [4.69, 9.17) is 5.73 Å². The normalized spacial score (nSPS) is 12.7. The maximum Gasteiger partial charge on any atom is 0.240 e. The zero-order valence-electron chi connectivity index (χ0n) is 12.2. The monoisotopic (exact) mass is 284 g/mol. The van der Waals surface area contributed by atoms with Crippen molar-refractivity contribution in [3.05, 3.63) is 29.3 Å². The number of nitrogens with two attached hydrogens (primary N) is 1. The van der Waals surface area contributed by atoms with Crippen molar-refractivity contribution in [1.82, 2.24) is 4.72 Å². The van der Waals surface area contributed by atoms with Gasteiger partial charge >= 0.3 is 0 Å². The van der Waals surface area contributed by atoms with Crippen LogP contribution >= 0.6 is 0 Å². The Morgan fingerprint density at radius 1 is 1.32 bits per heavy atom. The smallest absolute Gasteiger partial charge is 0.240 e. The average Bonchev–Trinajstić information content (AvgIpc) is 2.37. The molecule has 0 saturated heterocycles. The van der Waals surface area contributed by atoms with Gasteiger partial charge in [-0.25, -0.2) is 13.1 Å². The Kier molecular flexibility index (Phi) is 5.12. The van der Waals surface area contributed by atoms with Crippen molar-refractivity contribution in [2.75, 3.05) is 6.54 Å². The first-order valence-electron chi connectivity index (χ1n) is 6.51. The van der Waals surface area contributed by atoms with Gasteiger partial charge in [0.05, 0.1) is 4.90 Å². The van der Waals surface area contributed by atoms with Crippen molar-refractivity contribution in [3.8, 4) is 0 Å². The first kappa shape index (κ1) is 16.1. The first-order chi connectivity index (χ1) is 8.72. The number of nitrogens with one attached hydrogen (secondary N) is 1. The summed E-state index contributed by atoms with van der Waals surface area (Å²) in [5, 5.41) is 0. The SMILES string of the molecule is CCC(C)(C)CNS(=O)(=O)c1ccc(C)c(CN)c1. The largest absolute Gasteiger partial charge is 0.326 e. The first-order valence-corrected chi connectivity index (χ1v) is 7.99. The lowest BCUT2D eigenvalue weighted by Gasteiger charge is -2.22. The molecule has 0 aliphatic heterocycles. The van der Waals surface area contributed by atoms with Crippen LogP contribution in [-0.4, -0.2) is 15.0 Å². The van der Waals surface area contributed by atoms with E-state index in [1.807, 2.05) is 27.7 Å². The van der Waals surface area contributed by atoms with Crippen molar-refractivity contribution in [2.24, 2.45) is 11.1 Å². The van der Waals surface area contributed by atoms with Crippen LogP contribution in [0.1, 0.15) is 38.3 Å². The molecule has 108 valence electrons. The minimum atomic E-state index is -3.46. The third kappa shape index (κ3) is 4.30. The Labute approximate surface area is 116 Å². The van der Waals surface area contributed by atoms with Gasteiger partial charge in [0, 0.05) is 13.1 Å². The van der Waals surface area contributed by atoms with Crippen LogP contribution in [0.2, 0.25) is 0 Å². The van der Waals surface area contributed by atoms with Crippen molar-refractivity contribution < 1.29 is 8.42 Å². The highest BCUT2D eigenvalue weighted by molar-refractivity contribution is 7.89. The predicted octanol–water partition coefficient (Wildman–Crippen LogP) is 2.17. The molecule has 0 fully saturated rings. The average molecular weight is 284 g/mol. The lowest BCUT2D eigenvalue weighted by molar-refractivity contribution is 0.350. The van der Waals surface area contributed by atoms with Crippen LogP contribution < -0.4 is 10.5 Å². The van der Waals surface area contributed by atoms with Crippen LogP contribution in [0.4, 0.5) is 0 Å². The van der Waals surface area contributed by atoms with Crippen molar-refractivity contribution >= 4 is 10.0 Å². The molecular formula is C14H24N2O2S. The second-order valence-electron chi connectivity index (χ2n) is 5.63. The quantitative estimate of drug-likeness (QED) is 0.841. The summed E-state index contributed by atoms with van der Waals surface area (Å²) in [6, 6.07) is 5.06. The van der Waals surface area contributed by atoms with Crippen LogP contribution in [0.15, 0.2) is 23.1 Å². The summed E-state index contributed by atoms with van der Waals surface area (Å²) in [4.78, 5) is 0.283. The maximum absolute atomic E-state index is 12.2. The van der Waals surface area contributed by atoms with Gasteiger partial charge < -0.3 is 5.73 Å². The highest BCUT2D eigenvalue weighted by Crippen LogP contribution is 2.20. The summed E-state index contributed by atoms with van der Waals surface area (Å²) < 4.78 is 27.1. The van der Waals surface area contributed by atoms with E-state index in [1.54, 1.807) is 18.2 Å². The molecule has 4 nitrogen and oxygen atoms in total. The van der Waals surface area contributed by atoms with E-state index in [9.17, 15) is 8.42 Å². The summed E-state index contributed by atoms with van der Waals surface area (Å²) >= 11 is 0. The van der Waals surface area contributed by atoms with E-state index in [0.29, 0.717) is 13.1 Å². The zero-order valence-corrected chi connectivity index (χ0v) is 13.0. The van der Waals surface area contributed by atoms with E-state index in [1.165, 1.54) is 0 Å². The molecule has 0 amide bonds. The highest BCUT2D eigenvalue weighted by atomic mass is 32.2. The molecule has 0 atom stereocenters. The molecular weight excluding hydrogens is 260 g/mol. The van der Waals surface area contributed by atoms with Gasteiger partial charge in [-0.1, -0.05) is 26.8 Å². The summed E-state index contributed by atoms with van der Waals surface area (Å²) in [6.07, 6.45) is 0.914. The Bertz CT molecular complexity index is 536. The van der Waals surface area contributed by atoms with Gasteiger partial charge in [0.25, 0.3) is 0 Å². The fraction of sp³-hybridized carbons (Fsp3) is 0.571. The molecule has 0 unspecified atom stereocenters. The Balaban J connectivity index is 2.95. The van der Waals surface area contributed by atoms with E-state index in [0.717, 1.165) is 17.5 Å². The Morgan fingerprint density at radius 2 is 1.95 bits per heavy atom. The number of benzene rings is 1. The second kappa shape index (κ2) is 6.03. The van der Waals surface area contributed by atoms with Gasteiger partial charge in [0.1, 0.15) is 0 Å². The van der Waals surface area contributed by atoms with Crippen LogP contribution in [0, 0.1) is 12.3 Å². The van der Waals surface area contributed by atoms with Crippen LogP contribution in [0.3, 0.4) is 0 Å². The van der Waals surface area contributed by atoms with Crippen molar-refractivity contribution in [1.29, 1.82) is 0 Å². The summed E-state index contributed by atoms with van der Waals surface area (Å²) in [7, 11) is -3.46. The molecule has 0 heterocycles. The lowest BCUT2D eigenvalue weighted by Crippen LogP contribution is -2.33. The molecule has 1 aromatic rings. The fourth-order valence-electron chi connectivity index (χ4n) is 1.53. The number of rotatable bonds is 6. The van der Waals surface area contributed by atoms with E-state index in [2.05, 4.69) is 4.72 Å². The fourth-order valence-corrected chi connectivity index (χ4v) is 2.83. The second-order valence-corrected chi connectivity index (χ2v) is 7.40. The summed E-state index contributed by atoms with van der Waals surface area (Å²) in [6.45, 7) is 8.82. The molecule has 0 aromatic heterocycles. The minimum Gasteiger partial charge on any atom is -0.326 e. The van der Waals surface area contributed by atoms with Gasteiger partial charge in [-0.05, 0) is 42.0 Å². The number of hydrogen-bond acceptors (Lipinski definition) is 3. The highest BCUT2D eigenvalue weighted by Gasteiger charge is 2.21. The van der Waals surface area contributed by atoms with E-state index >= 15 is 0 Å². The van der Waals surface area contributed by atoms with Crippen molar-refractivity contribution in [2.45, 2.75) is 45.6 Å².